The third-order valence-electron chi connectivity index (χ3n) is 3.00. The number of nitrogens with zero attached hydrogens (tertiary/aromatic N) is 2. The smallest absolute Gasteiger partial charge is 0.227 e. The van der Waals surface area contributed by atoms with Gasteiger partial charge in [-0.15, -0.1) is 0 Å². The molecule has 0 saturated carbocycles. The Labute approximate surface area is 115 Å². The maximum absolute atomic E-state index is 8.07. The van der Waals surface area contributed by atoms with Crippen LogP contribution in [0.25, 0.3) is 33.3 Å². The van der Waals surface area contributed by atoms with Crippen molar-refractivity contribution in [1.29, 1.82) is 0 Å². The maximum atomic E-state index is 8.07. The molecule has 0 saturated heterocycles. The van der Waals surface area contributed by atoms with Crippen molar-refractivity contribution in [2.45, 2.75) is 0 Å². The van der Waals surface area contributed by atoms with E-state index in [2.05, 4.69) is 9.97 Å². The van der Waals surface area contributed by atoms with Gasteiger partial charge in [-0.3, -0.25) is 4.98 Å². The van der Waals surface area contributed by atoms with Gasteiger partial charge in [0.05, 0.1) is 11.2 Å². The molecule has 1 aromatic carbocycles. The lowest BCUT2D eigenvalue weighted by Gasteiger charge is -2.00. The number of hydrogen-bond donors (Lipinski definition) is 0. The van der Waals surface area contributed by atoms with E-state index < -0.39 is 0 Å². The zero-order valence-corrected chi connectivity index (χ0v) is 9.77. The molecule has 0 unspecified atom stereocenters. The van der Waals surface area contributed by atoms with E-state index in [9.17, 15) is 0 Å². The zero-order valence-electron chi connectivity index (χ0n) is 13.8. The van der Waals surface area contributed by atoms with E-state index in [1.165, 1.54) is 0 Å². The molecule has 4 aromatic rings. The standard InChI is InChI=1S/C16H10N2O/c1-2-9-17-14(8-1)13-6-3-5-11-12-7-4-10-18-16(12)19-15(11)13/h1-10H/i1D,2D,8D,9D. The molecule has 90 valence electrons. The molecule has 0 atom stereocenters. The first-order valence-electron chi connectivity index (χ1n) is 7.79. The Morgan fingerprint density at radius 3 is 2.95 bits per heavy atom. The third-order valence-corrected chi connectivity index (χ3v) is 3.00. The second-order valence-corrected chi connectivity index (χ2v) is 4.09. The fourth-order valence-electron chi connectivity index (χ4n) is 2.18. The molecule has 0 spiro atoms. The third kappa shape index (κ3) is 1.52. The molecule has 0 aliphatic heterocycles. The highest BCUT2D eigenvalue weighted by atomic mass is 16.3. The van der Waals surface area contributed by atoms with Crippen molar-refractivity contribution in [3.63, 3.8) is 0 Å². The van der Waals surface area contributed by atoms with Gasteiger partial charge in [-0.2, -0.15) is 0 Å². The number of rotatable bonds is 1. The van der Waals surface area contributed by atoms with Gasteiger partial charge in [0.2, 0.25) is 5.71 Å². The molecule has 0 aliphatic carbocycles. The average molecular weight is 250 g/mol. The summed E-state index contributed by atoms with van der Waals surface area (Å²) >= 11 is 0. The van der Waals surface area contributed by atoms with E-state index in [0.717, 1.165) is 10.8 Å². The molecule has 3 heteroatoms. The topological polar surface area (TPSA) is 38.9 Å². The first-order chi connectivity index (χ1) is 11.1. The Kier molecular flexibility index (Phi) is 1.45. The number of fused-ring (bicyclic) bond motifs is 3. The number of hydrogen-bond acceptors (Lipinski definition) is 3. The van der Waals surface area contributed by atoms with Crippen molar-refractivity contribution < 1.29 is 9.90 Å². The molecule has 3 aromatic heterocycles. The van der Waals surface area contributed by atoms with Crippen LogP contribution in [0.1, 0.15) is 5.48 Å². The van der Waals surface area contributed by atoms with E-state index in [1.807, 2.05) is 24.3 Å². The number of aromatic nitrogens is 2. The molecule has 0 bridgehead atoms. The van der Waals surface area contributed by atoms with Crippen molar-refractivity contribution in [2.24, 2.45) is 0 Å². The van der Waals surface area contributed by atoms with E-state index >= 15 is 0 Å². The van der Waals surface area contributed by atoms with Gasteiger partial charge in [-0.1, -0.05) is 18.2 Å². The number of pyridine rings is 2. The van der Waals surface area contributed by atoms with E-state index in [1.54, 1.807) is 12.3 Å². The Hall–Kier alpha value is -2.68. The van der Waals surface area contributed by atoms with Gasteiger partial charge in [0.25, 0.3) is 0 Å². The molecule has 3 nitrogen and oxygen atoms in total. The molecule has 19 heavy (non-hydrogen) atoms. The van der Waals surface area contributed by atoms with E-state index in [-0.39, 0.29) is 30.0 Å². The summed E-state index contributed by atoms with van der Waals surface area (Å²) in [6.07, 6.45) is 1.31. The summed E-state index contributed by atoms with van der Waals surface area (Å²) in [5.74, 6) is 0. The second kappa shape index (κ2) is 3.92. The summed E-state index contributed by atoms with van der Waals surface area (Å²) in [5, 5.41) is 1.69. The van der Waals surface area contributed by atoms with Gasteiger partial charge in [-0.05, 0) is 30.3 Å². The van der Waals surface area contributed by atoms with Gasteiger partial charge < -0.3 is 4.42 Å². The van der Waals surface area contributed by atoms with Gasteiger partial charge >= 0.3 is 0 Å². The van der Waals surface area contributed by atoms with Crippen LogP contribution < -0.4 is 0 Å². The quantitative estimate of drug-likeness (QED) is 0.511. The van der Waals surface area contributed by atoms with Crippen LogP contribution in [0.2, 0.25) is 0 Å². The van der Waals surface area contributed by atoms with Crippen molar-refractivity contribution in [1.82, 2.24) is 9.97 Å². The molecule has 0 radical (unpaired) electrons. The highest BCUT2D eigenvalue weighted by molar-refractivity contribution is 6.08. The fraction of sp³-hybridized carbons (Fsp3) is 0. The average Bonchev–Trinajstić information content (AvgIpc) is 2.95. The van der Waals surface area contributed by atoms with Crippen LogP contribution in [0.5, 0.6) is 0 Å². The van der Waals surface area contributed by atoms with Gasteiger partial charge in [0.15, 0.2) is 0 Å². The molecular weight excluding hydrogens is 236 g/mol. The minimum atomic E-state index is -0.350. The van der Waals surface area contributed by atoms with Crippen LogP contribution in [0.15, 0.2) is 65.2 Å². The van der Waals surface area contributed by atoms with Crippen LogP contribution in [0, 0.1) is 0 Å². The minimum Gasteiger partial charge on any atom is -0.437 e. The Balaban J connectivity index is 2.11. The first kappa shape index (κ1) is 7.04. The normalized spacial score (nSPS) is 14.1. The van der Waals surface area contributed by atoms with E-state index in [4.69, 9.17) is 9.90 Å². The predicted octanol–water partition coefficient (Wildman–Crippen LogP) is 4.04. The molecule has 0 fully saturated rings. The van der Waals surface area contributed by atoms with Crippen molar-refractivity contribution in [2.75, 3.05) is 0 Å². The monoisotopic (exact) mass is 250 g/mol. The largest absolute Gasteiger partial charge is 0.437 e. The molecule has 0 N–H and O–H groups in total. The molecule has 0 aliphatic rings. The minimum absolute atomic E-state index is 0.167. The van der Waals surface area contributed by atoms with Gasteiger partial charge in [0.1, 0.15) is 5.58 Å². The van der Waals surface area contributed by atoms with Crippen LogP contribution in [0.4, 0.5) is 0 Å². The summed E-state index contributed by atoms with van der Waals surface area (Å²) in [7, 11) is 0. The molecule has 0 amide bonds. The zero-order chi connectivity index (χ0) is 16.1. The number of benzene rings is 1. The molecular formula is C16H10N2O. The highest BCUT2D eigenvalue weighted by Gasteiger charge is 2.12. The molecule has 4 rings (SSSR count). The fourth-order valence-corrected chi connectivity index (χ4v) is 2.18. The second-order valence-electron chi connectivity index (χ2n) is 4.09. The lowest BCUT2D eigenvalue weighted by Crippen LogP contribution is -1.81. The van der Waals surface area contributed by atoms with E-state index in [0.29, 0.717) is 16.9 Å². The lowest BCUT2D eigenvalue weighted by atomic mass is 10.1. The Bertz CT molecular complexity index is 1070. The summed E-state index contributed by atoms with van der Waals surface area (Å²) in [6, 6.07) is 8.28. The van der Waals surface area contributed by atoms with Crippen LogP contribution in [-0.4, -0.2) is 9.97 Å². The maximum Gasteiger partial charge on any atom is 0.227 e. The van der Waals surface area contributed by atoms with Crippen molar-refractivity contribution >= 4 is 22.1 Å². The summed E-state index contributed by atoms with van der Waals surface area (Å²) in [4.78, 5) is 8.20. The highest BCUT2D eigenvalue weighted by Crippen LogP contribution is 2.33. The van der Waals surface area contributed by atoms with Crippen LogP contribution >= 0.6 is 0 Å². The first-order valence-corrected chi connectivity index (χ1v) is 5.79. The summed E-state index contributed by atoms with van der Waals surface area (Å²) in [6.45, 7) is 0. The number of furan rings is 1. The lowest BCUT2D eigenvalue weighted by molar-refractivity contribution is 0.655. The summed E-state index contributed by atoms with van der Waals surface area (Å²) in [5.41, 5.74) is 1.68. The number of para-hydroxylation sites is 1. The Morgan fingerprint density at radius 2 is 1.95 bits per heavy atom. The Morgan fingerprint density at radius 1 is 1.00 bits per heavy atom. The van der Waals surface area contributed by atoms with Crippen molar-refractivity contribution in [3.8, 4) is 11.3 Å². The van der Waals surface area contributed by atoms with Gasteiger partial charge in [0, 0.05) is 28.7 Å². The van der Waals surface area contributed by atoms with Gasteiger partial charge in [-0.25, -0.2) is 4.98 Å². The SMILES string of the molecule is [2H]c1nc(-c2cccc3c2oc2ncccc23)c([2H])c([2H])c1[2H]. The van der Waals surface area contributed by atoms with Crippen molar-refractivity contribution in [3.05, 3.63) is 60.8 Å². The predicted molar refractivity (Wildman–Crippen MR) is 74.7 cm³/mol. The van der Waals surface area contributed by atoms with Crippen LogP contribution in [-0.2, 0) is 0 Å². The van der Waals surface area contributed by atoms with Crippen LogP contribution in [0.3, 0.4) is 0 Å². The summed E-state index contributed by atoms with van der Waals surface area (Å²) < 4.78 is 37.0. The molecule has 3 heterocycles.